The molecule has 2 aromatic carbocycles. The van der Waals surface area contributed by atoms with Gasteiger partial charge in [-0.05, 0) is 42.5 Å². The lowest BCUT2D eigenvalue weighted by Crippen LogP contribution is -2.28. The molecule has 1 amide bonds. The number of hydrogen-bond donors (Lipinski definition) is 2. The van der Waals surface area contributed by atoms with Crippen LogP contribution in [0.3, 0.4) is 0 Å². The molecule has 33 heavy (non-hydrogen) atoms. The third-order valence-electron chi connectivity index (χ3n) is 3.82. The summed E-state index contributed by atoms with van der Waals surface area (Å²) in [6, 6.07) is 7.99. The summed E-state index contributed by atoms with van der Waals surface area (Å²) < 4.78 is 97.3. The summed E-state index contributed by atoms with van der Waals surface area (Å²) >= 11 is 0. The summed E-state index contributed by atoms with van der Waals surface area (Å²) in [6.07, 6.45) is -5.22. The second kappa shape index (κ2) is 11.0. The predicted octanol–water partition coefficient (Wildman–Crippen LogP) is 3.16. The fraction of sp³-hybridized carbons (Fsp3) is 0.263. The lowest BCUT2D eigenvalue weighted by Gasteiger charge is -2.10. The van der Waals surface area contributed by atoms with Gasteiger partial charge in [-0.15, -0.1) is 0 Å². The number of nitrogens with one attached hydrogen (secondary N) is 2. The topological polar surface area (TPSA) is 111 Å². The lowest BCUT2D eigenvalue weighted by molar-refractivity contribution is -0.147. The first-order chi connectivity index (χ1) is 15.4. The van der Waals surface area contributed by atoms with Gasteiger partial charge < -0.3 is 14.8 Å². The van der Waals surface area contributed by atoms with Crippen molar-refractivity contribution in [3.8, 4) is 5.75 Å². The Labute approximate surface area is 184 Å². The number of carbonyl (C=O) groups excluding carboxylic acids is 2. The van der Waals surface area contributed by atoms with Crippen molar-refractivity contribution in [2.24, 2.45) is 0 Å². The van der Waals surface area contributed by atoms with E-state index in [1.165, 1.54) is 24.3 Å². The highest BCUT2D eigenvalue weighted by Gasteiger charge is 2.31. The van der Waals surface area contributed by atoms with E-state index in [9.17, 15) is 40.0 Å². The first-order valence-electron chi connectivity index (χ1n) is 9.04. The van der Waals surface area contributed by atoms with Crippen molar-refractivity contribution in [1.82, 2.24) is 4.72 Å². The number of carbonyl (C=O) groups is 2. The third kappa shape index (κ3) is 8.65. The van der Waals surface area contributed by atoms with Gasteiger partial charge in [-0.25, -0.2) is 13.1 Å². The molecular weight excluding hydrogens is 479 g/mol. The average molecular weight is 496 g/mol. The van der Waals surface area contributed by atoms with E-state index in [0.29, 0.717) is 12.1 Å². The Morgan fingerprint density at radius 1 is 1.03 bits per heavy atom. The fourth-order valence-electron chi connectivity index (χ4n) is 2.35. The van der Waals surface area contributed by atoms with E-state index in [1.807, 2.05) is 4.72 Å². The summed E-state index contributed by atoms with van der Waals surface area (Å²) in [7, 11) is -4.32. The molecule has 0 atom stereocenters. The molecule has 0 aliphatic carbocycles. The molecule has 0 unspecified atom stereocenters. The van der Waals surface area contributed by atoms with E-state index in [-0.39, 0.29) is 11.4 Å². The Balaban J connectivity index is 1.77. The normalized spacial score (nSPS) is 11.8. The lowest BCUT2D eigenvalue weighted by atomic mass is 10.2. The van der Waals surface area contributed by atoms with Crippen molar-refractivity contribution in [2.45, 2.75) is 24.1 Å². The molecule has 2 rings (SSSR count). The molecule has 0 radical (unpaired) electrons. The molecule has 0 saturated carbocycles. The van der Waals surface area contributed by atoms with Gasteiger partial charge in [0.25, 0.3) is 5.91 Å². The van der Waals surface area contributed by atoms with E-state index in [4.69, 9.17) is 0 Å². The number of amides is 1. The number of halogens is 5. The van der Waals surface area contributed by atoms with E-state index < -0.39 is 64.7 Å². The summed E-state index contributed by atoms with van der Waals surface area (Å²) in [6.45, 7) is -4.20. The SMILES string of the molecule is O=C(COC(=O)CCNS(=O)(=O)c1cccc(C(F)(F)F)c1)Nc1ccc(OC(F)F)cc1. The summed E-state index contributed by atoms with van der Waals surface area (Å²) in [5, 5.41) is 2.33. The predicted molar refractivity (Wildman–Crippen MR) is 104 cm³/mol. The summed E-state index contributed by atoms with van der Waals surface area (Å²) in [5.41, 5.74) is -0.932. The molecule has 2 N–H and O–H groups in total. The molecule has 0 heterocycles. The fourth-order valence-corrected chi connectivity index (χ4v) is 3.42. The van der Waals surface area contributed by atoms with Gasteiger partial charge in [0.05, 0.1) is 16.9 Å². The molecule has 2 aromatic rings. The minimum Gasteiger partial charge on any atom is -0.456 e. The number of hydrogen-bond acceptors (Lipinski definition) is 6. The second-order valence-corrected chi connectivity index (χ2v) is 8.05. The zero-order chi connectivity index (χ0) is 24.6. The Kier molecular flexibility index (Phi) is 8.70. The van der Waals surface area contributed by atoms with Gasteiger partial charge in [0.1, 0.15) is 5.75 Å². The van der Waals surface area contributed by atoms with Crippen LogP contribution in [0.15, 0.2) is 53.4 Å². The van der Waals surface area contributed by atoms with Gasteiger partial charge in [-0.2, -0.15) is 22.0 Å². The smallest absolute Gasteiger partial charge is 0.416 e. The van der Waals surface area contributed by atoms with Gasteiger partial charge in [0.15, 0.2) is 6.61 Å². The zero-order valence-corrected chi connectivity index (χ0v) is 17.4. The number of esters is 1. The molecule has 0 aliphatic rings. The van der Waals surface area contributed by atoms with E-state index in [0.717, 1.165) is 12.1 Å². The maximum atomic E-state index is 12.7. The van der Waals surface area contributed by atoms with Crippen molar-refractivity contribution >= 4 is 27.6 Å². The first-order valence-corrected chi connectivity index (χ1v) is 10.5. The second-order valence-electron chi connectivity index (χ2n) is 6.29. The standard InChI is InChI=1S/C19H17F5N2O6S/c20-18(21)32-14-6-4-13(5-7-14)26-16(27)11-31-17(28)8-9-25-33(29,30)15-3-1-2-12(10-15)19(22,23)24/h1-7,10,18,25H,8-9,11H2,(H,26,27). The minimum atomic E-state index is -4.72. The highest BCUT2D eigenvalue weighted by molar-refractivity contribution is 7.89. The van der Waals surface area contributed by atoms with Gasteiger partial charge in [-0.1, -0.05) is 6.07 Å². The largest absolute Gasteiger partial charge is 0.456 e. The van der Waals surface area contributed by atoms with Gasteiger partial charge in [0, 0.05) is 12.2 Å². The van der Waals surface area contributed by atoms with Crippen LogP contribution in [-0.2, 0) is 30.5 Å². The van der Waals surface area contributed by atoms with Crippen LogP contribution in [-0.4, -0.2) is 40.1 Å². The van der Waals surface area contributed by atoms with Crippen molar-refractivity contribution < 1.29 is 49.4 Å². The molecule has 180 valence electrons. The molecule has 0 spiro atoms. The molecule has 0 fully saturated rings. The van der Waals surface area contributed by atoms with Gasteiger partial charge in [-0.3, -0.25) is 9.59 Å². The average Bonchev–Trinajstić information content (AvgIpc) is 2.73. The highest BCUT2D eigenvalue weighted by atomic mass is 32.2. The molecule has 8 nitrogen and oxygen atoms in total. The molecule has 14 heteroatoms. The number of rotatable bonds is 10. The maximum Gasteiger partial charge on any atom is 0.416 e. The van der Waals surface area contributed by atoms with Gasteiger partial charge >= 0.3 is 18.8 Å². The number of benzene rings is 2. The Hall–Kier alpha value is -3.26. The third-order valence-corrected chi connectivity index (χ3v) is 5.28. The van der Waals surface area contributed by atoms with Crippen molar-refractivity contribution in [3.63, 3.8) is 0 Å². The van der Waals surface area contributed by atoms with Crippen molar-refractivity contribution in [1.29, 1.82) is 0 Å². The number of anilines is 1. The Morgan fingerprint density at radius 3 is 2.30 bits per heavy atom. The van der Waals surface area contributed by atoms with E-state index in [1.54, 1.807) is 0 Å². The van der Waals surface area contributed by atoms with Crippen molar-refractivity contribution in [2.75, 3.05) is 18.5 Å². The van der Waals surface area contributed by atoms with Crippen LogP contribution in [0.1, 0.15) is 12.0 Å². The van der Waals surface area contributed by atoms with Crippen LogP contribution in [0, 0.1) is 0 Å². The first kappa shape index (κ1) is 26.0. The number of alkyl halides is 5. The maximum absolute atomic E-state index is 12.7. The molecule has 0 aliphatic heterocycles. The Morgan fingerprint density at radius 2 is 1.70 bits per heavy atom. The van der Waals surface area contributed by atoms with E-state index >= 15 is 0 Å². The number of sulfonamides is 1. The molecular formula is C19H17F5N2O6S. The molecule has 0 bridgehead atoms. The van der Waals surface area contributed by atoms with Crippen LogP contribution >= 0.6 is 0 Å². The zero-order valence-electron chi connectivity index (χ0n) is 16.6. The van der Waals surface area contributed by atoms with Crippen LogP contribution in [0.4, 0.5) is 27.6 Å². The minimum absolute atomic E-state index is 0.123. The summed E-state index contributed by atoms with van der Waals surface area (Å²) in [5.74, 6) is -1.82. The Bertz CT molecular complexity index is 1070. The van der Waals surface area contributed by atoms with E-state index in [2.05, 4.69) is 14.8 Å². The quantitative estimate of drug-likeness (QED) is 0.386. The van der Waals surface area contributed by atoms with Crippen molar-refractivity contribution in [3.05, 3.63) is 54.1 Å². The van der Waals surface area contributed by atoms with Crippen LogP contribution < -0.4 is 14.8 Å². The molecule has 0 aromatic heterocycles. The highest BCUT2D eigenvalue weighted by Crippen LogP contribution is 2.30. The van der Waals surface area contributed by atoms with Crippen LogP contribution in [0.25, 0.3) is 0 Å². The van der Waals surface area contributed by atoms with Gasteiger partial charge in [0.2, 0.25) is 10.0 Å². The number of ether oxygens (including phenoxy) is 2. The summed E-state index contributed by atoms with van der Waals surface area (Å²) in [4.78, 5) is 22.8. The molecule has 0 saturated heterocycles. The monoisotopic (exact) mass is 496 g/mol. The van der Waals surface area contributed by atoms with Crippen LogP contribution in [0.5, 0.6) is 5.75 Å². The van der Waals surface area contributed by atoms with Crippen LogP contribution in [0.2, 0.25) is 0 Å².